The maximum atomic E-state index is 13.0. The van der Waals surface area contributed by atoms with E-state index in [0.717, 1.165) is 43.5 Å². The quantitative estimate of drug-likeness (QED) is 0.277. The summed E-state index contributed by atoms with van der Waals surface area (Å²) in [5, 5.41) is 14.2. The van der Waals surface area contributed by atoms with Gasteiger partial charge in [-0.1, -0.05) is 42.5 Å². The van der Waals surface area contributed by atoms with Gasteiger partial charge in [-0.15, -0.1) is 0 Å². The molecular weight excluding hydrogens is 456 g/mol. The number of carbonyl (C=O) groups excluding carboxylic acids is 2. The molecule has 3 aromatic carbocycles. The summed E-state index contributed by atoms with van der Waals surface area (Å²) in [6.07, 6.45) is 3.38. The number of nitrogens with zero attached hydrogens (tertiary/aromatic N) is 3. The van der Waals surface area contributed by atoms with Crippen LogP contribution in [0.2, 0.25) is 0 Å². The third kappa shape index (κ3) is 4.88. The van der Waals surface area contributed by atoms with Crippen molar-refractivity contribution in [3.8, 4) is 0 Å². The summed E-state index contributed by atoms with van der Waals surface area (Å²) in [5.74, 6) is -0.780. The average molecular weight is 483 g/mol. The second-order valence-corrected chi connectivity index (χ2v) is 9.07. The Morgan fingerprint density at radius 1 is 1.06 bits per heavy atom. The minimum absolute atomic E-state index is 0.0670. The van der Waals surface area contributed by atoms with E-state index in [2.05, 4.69) is 5.32 Å². The van der Waals surface area contributed by atoms with E-state index in [1.165, 1.54) is 12.1 Å². The first-order valence-electron chi connectivity index (χ1n) is 12.1. The van der Waals surface area contributed by atoms with Gasteiger partial charge in [0.1, 0.15) is 5.92 Å². The fourth-order valence-electron chi connectivity index (χ4n) is 4.83. The van der Waals surface area contributed by atoms with Gasteiger partial charge in [-0.3, -0.25) is 24.7 Å². The fraction of sp³-hybridized carbons (Fsp3) is 0.250. The average Bonchev–Trinajstić information content (AvgIpc) is 3.45. The van der Waals surface area contributed by atoms with E-state index < -0.39 is 10.8 Å². The second kappa shape index (κ2) is 10.1. The van der Waals surface area contributed by atoms with Crippen molar-refractivity contribution < 1.29 is 14.5 Å². The smallest absolute Gasteiger partial charge is 0.269 e. The van der Waals surface area contributed by atoms with Crippen molar-refractivity contribution >= 4 is 34.6 Å². The minimum atomic E-state index is -0.764. The van der Waals surface area contributed by atoms with Crippen molar-refractivity contribution in [2.45, 2.75) is 31.6 Å². The van der Waals surface area contributed by atoms with Crippen molar-refractivity contribution in [2.24, 2.45) is 4.99 Å². The number of nitro groups is 1. The van der Waals surface area contributed by atoms with Crippen molar-refractivity contribution in [3.63, 3.8) is 0 Å². The van der Waals surface area contributed by atoms with Gasteiger partial charge in [-0.2, -0.15) is 0 Å². The van der Waals surface area contributed by atoms with E-state index in [9.17, 15) is 19.7 Å². The molecule has 0 aliphatic carbocycles. The summed E-state index contributed by atoms with van der Waals surface area (Å²) >= 11 is 0. The van der Waals surface area contributed by atoms with E-state index in [1.54, 1.807) is 6.07 Å². The molecule has 0 aromatic heterocycles. The molecule has 0 spiro atoms. The lowest BCUT2D eigenvalue weighted by atomic mass is 9.90. The number of hydrogen-bond donors (Lipinski definition) is 1. The number of benzene rings is 3. The van der Waals surface area contributed by atoms with Crippen LogP contribution in [0.5, 0.6) is 0 Å². The number of anilines is 1. The van der Waals surface area contributed by atoms with Crippen LogP contribution in [-0.2, 0) is 16.0 Å². The normalized spacial score (nSPS) is 17.3. The van der Waals surface area contributed by atoms with Crippen molar-refractivity contribution in [2.75, 3.05) is 18.4 Å². The van der Waals surface area contributed by atoms with E-state index in [4.69, 9.17) is 4.99 Å². The van der Waals surface area contributed by atoms with Crippen LogP contribution < -0.4 is 5.32 Å². The number of carbonyl (C=O) groups is 2. The lowest BCUT2D eigenvalue weighted by Gasteiger charge is -2.15. The molecule has 2 aliphatic heterocycles. The molecular formula is C28H26N4O4. The highest BCUT2D eigenvalue weighted by Gasteiger charge is 2.36. The van der Waals surface area contributed by atoms with Crippen LogP contribution in [0.4, 0.5) is 17.1 Å². The van der Waals surface area contributed by atoms with Crippen LogP contribution in [-0.4, -0.2) is 40.4 Å². The minimum Gasteiger partial charge on any atom is -0.343 e. The predicted molar refractivity (Wildman–Crippen MR) is 138 cm³/mol. The number of aryl methyl sites for hydroxylation is 1. The van der Waals surface area contributed by atoms with Gasteiger partial charge >= 0.3 is 0 Å². The number of non-ortho nitro benzene ring substituents is 1. The largest absolute Gasteiger partial charge is 0.343 e. The molecule has 1 saturated heterocycles. The molecule has 0 bridgehead atoms. The topological polar surface area (TPSA) is 105 Å². The van der Waals surface area contributed by atoms with E-state index >= 15 is 0 Å². The number of aliphatic imine (C=N–C) groups is 1. The summed E-state index contributed by atoms with van der Waals surface area (Å²) in [6.45, 7) is 1.63. The van der Waals surface area contributed by atoms with Crippen molar-refractivity contribution in [1.82, 2.24) is 4.90 Å². The Labute approximate surface area is 208 Å². The first-order valence-corrected chi connectivity index (χ1v) is 12.1. The first kappa shape index (κ1) is 23.4. The summed E-state index contributed by atoms with van der Waals surface area (Å²) in [4.78, 5) is 42.5. The van der Waals surface area contributed by atoms with Gasteiger partial charge in [0.05, 0.1) is 16.3 Å². The van der Waals surface area contributed by atoms with Crippen LogP contribution in [0.15, 0.2) is 77.8 Å². The maximum Gasteiger partial charge on any atom is 0.269 e. The number of amides is 2. The highest BCUT2D eigenvalue weighted by atomic mass is 16.6. The Balaban J connectivity index is 1.41. The van der Waals surface area contributed by atoms with Crippen molar-refractivity contribution in [1.29, 1.82) is 0 Å². The Bertz CT molecular complexity index is 1340. The van der Waals surface area contributed by atoms with E-state index in [1.807, 2.05) is 59.5 Å². The van der Waals surface area contributed by atoms with Gasteiger partial charge in [-0.25, -0.2) is 0 Å². The standard InChI is InChI=1S/C28H26N4O4/c33-25-9-5-17-31(25)16-4-6-19-10-12-21(13-11-19)29-27(20-7-2-1-3-8-20)26-23-18-22(32(35)36)14-15-24(23)30-28(26)34/h1-3,7-8,10-15,18,26H,4-6,9,16-17H2,(H,30,34). The zero-order chi connectivity index (χ0) is 25.1. The number of fused-ring (bicyclic) bond motifs is 1. The van der Waals surface area contributed by atoms with Crippen LogP contribution in [0, 0.1) is 10.1 Å². The Morgan fingerprint density at radius 3 is 2.53 bits per heavy atom. The molecule has 1 fully saturated rings. The summed E-state index contributed by atoms with van der Waals surface area (Å²) in [6, 6.07) is 21.7. The molecule has 182 valence electrons. The third-order valence-electron chi connectivity index (χ3n) is 6.67. The van der Waals surface area contributed by atoms with Crippen LogP contribution >= 0.6 is 0 Å². The molecule has 1 atom stereocenters. The zero-order valence-electron chi connectivity index (χ0n) is 19.7. The molecule has 0 radical (unpaired) electrons. The molecule has 3 aromatic rings. The molecule has 1 N–H and O–H groups in total. The molecule has 2 heterocycles. The van der Waals surface area contributed by atoms with Gasteiger partial charge < -0.3 is 10.2 Å². The van der Waals surface area contributed by atoms with E-state index in [0.29, 0.717) is 29.1 Å². The van der Waals surface area contributed by atoms with E-state index in [-0.39, 0.29) is 17.5 Å². The molecule has 0 saturated carbocycles. The maximum absolute atomic E-state index is 13.0. The molecule has 8 heteroatoms. The Morgan fingerprint density at radius 2 is 1.83 bits per heavy atom. The summed E-state index contributed by atoms with van der Waals surface area (Å²) in [7, 11) is 0. The highest BCUT2D eigenvalue weighted by Crippen LogP contribution is 2.38. The zero-order valence-corrected chi connectivity index (χ0v) is 19.7. The van der Waals surface area contributed by atoms with Gasteiger partial charge in [0.25, 0.3) is 5.69 Å². The van der Waals surface area contributed by atoms with Gasteiger partial charge in [0, 0.05) is 42.9 Å². The van der Waals surface area contributed by atoms with Gasteiger partial charge in [-0.05, 0) is 48.6 Å². The lowest BCUT2D eigenvalue weighted by Crippen LogP contribution is -2.25. The summed E-state index contributed by atoms with van der Waals surface area (Å²) in [5.41, 5.74) is 4.20. The first-order chi connectivity index (χ1) is 17.5. The number of rotatable bonds is 8. The lowest BCUT2D eigenvalue weighted by molar-refractivity contribution is -0.384. The number of nitro benzene ring substituents is 1. The van der Waals surface area contributed by atoms with Crippen LogP contribution in [0.25, 0.3) is 0 Å². The van der Waals surface area contributed by atoms with Crippen LogP contribution in [0.3, 0.4) is 0 Å². The number of hydrogen-bond acceptors (Lipinski definition) is 5. The fourth-order valence-corrected chi connectivity index (χ4v) is 4.83. The predicted octanol–water partition coefficient (Wildman–Crippen LogP) is 5.01. The highest BCUT2D eigenvalue weighted by molar-refractivity contribution is 6.24. The molecule has 8 nitrogen and oxygen atoms in total. The second-order valence-electron chi connectivity index (χ2n) is 9.07. The third-order valence-corrected chi connectivity index (χ3v) is 6.67. The van der Waals surface area contributed by atoms with Crippen molar-refractivity contribution in [3.05, 3.63) is 99.6 Å². The van der Waals surface area contributed by atoms with Gasteiger partial charge in [0.15, 0.2) is 0 Å². The van der Waals surface area contributed by atoms with Gasteiger partial charge in [0.2, 0.25) is 11.8 Å². The molecule has 5 rings (SSSR count). The number of likely N-dealkylation sites (tertiary alicyclic amines) is 1. The Kier molecular flexibility index (Phi) is 6.58. The van der Waals surface area contributed by atoms with Crippen LogP contribution in [0.1, 0.15) is 41.9 Å². The monoisotopic (exact) mass is 482 g/mol. The molecule has 1 unspecified atom stereocenters. The molecule has 36 heavy (non-hydrogen) atoms. The number of nitrogens with one attached hydrogen (secondary N) is 1. The Hall–Kier alpha value is -4.33. The summed E-state index contributed by atoms with van der Waals surface area (Å²) < 4.78 is 0. The molecule has 2 amide bonds. The SMILES string of the molecule is O=C1Nc2ccc([N+](=O)[O-])cc2C1C(=Nc1ccc(CCCN2CCCC2=O)cc1)c1ccccc1. The molecule has 2 aliphatic rings.